The molecule has 0 N–H and O–H groups in total. The largest absolute Gasteiger partial charge is 0.481 e. The van der Waals surface area contributed by atoms with Crippen molar-refractivity contribution < 1.29 is 27.4 Å². The van der Waals surface area contributed by atoms with E-state index in [9.17, 15) is 18.0 Å². The molecule has 0 radical (unpaired) electrons. The van der Waals surface area contributed by atoms with Gasteiger partial charge in [0, 0.05) is 56.1 Å². The molecule has 1 amide bonds. The maximum atomic E-state index is 13.3. The van der Waals surface area contributed by atoms with Crippen LogP contribution in [-0.4, -0.2) is 104 Å². The van der Waals surface area contributed by atoms with Gasteiger partial charge in [0.05, 0.1) is 4.47 Å². The van der Waals surface area contributed by atoms with E-state index in [2.05, 4.69) is 51.3 Å². The smallest absolute Gasteiger partial charge is 0.422 e. The third-order valence-electron chi connectivity index (χ3n) is 8.79. The predicted molar refractivity (Wildman–Crippen MR) is 169 cm³/mol. The number of halogens is 4. The van der Waals surface area contributed by atoms with E-state index in [4.69, 9.17) is 19.4 Å². The summed E-state index contributed by atoms with van der Waals surface area (Å²) in [4.78, 5) is 30.7. The summed E-state index contributed by atoms with van der Waals surface area (Å²) in [5, 5.41) is 0.618. The van der Waals surface area contributed by atoms with E-state index < -0.39 is 18.4 Å². The summed E-state index contributed by atoms with van der Waals surface area (Å²) >= 11 is 3.46. The number of hydrogen-bond donors (Lipinski definition) is 0. The van der Waals surface area contributed by atoms with E-state index in [0.717, 1.165) is 38.8 Å². The van der Waals surface area contributed by atoms with Crippen molar-refractivity contribution in [2.24, 2.45) is 5.41 Å². The van der Waals surface area contributed by atoms with Crippen LogP contribution in [0, 0.1) is 5.41 Å². The van der Waals surface area contributed by atoms with Crippen LogP contribution in [0.5, 0.6) is 5.75 Å². The molecule has 1 spiro atoms. The molecule has 4 heterocycles. The van der Waals surface area contributed by atoms with Crippen molar-refractivity contribution in [3.8, 4) is 5.75 Å². The minimum Gasteiger partial charge on any atom is -0.481 e. The van der Waals surface area contributed by atoms with Gasteiger partial charge in [-0.1, -0.05) is 12.7 Å². The molecule has 1 aromatic carbocycles. The van der Waals surface area contributed by atoms with E-state index in [0.29, 0.717) is 64.9 Å². The van der Waals surface area contributed by atoms with Gasteiger partial charge >= 0.3 is 12.3 Å². The number of fused-ring (bicyclic) bond motifs is 1. The SMILES string of the molecule is C=Cc1cc2c(N3CCC4(CC3)CN(C(=O)OC(C)(C)C)C4)nc(N3CCC(N(C)C)CC3)nc2c(OCC(F)(F)F)c1Br. The zero-order valence-electron chi connectivity index (χ0n) is 26.1. The number of carbonyl (C=O) groups is 1. The maximum Gasteiger partial charge on any atom is 0.422 e. The number of carbonyl (C=O) groups excluding carboxylic acids is 1. The monoisotopic (exact) mass is 682 g/mol. The Labute approximate surface area is 265 Å². The standard InChI is InChI=1S/C31H42BrF3N6O3/c1-7-20-16-22-24(25(23(20)32)43-19-31(33,34)35)36-27(40-12-8-21(9-13-40)38(5)6)37-26(22)39-14-10-30(11-15-39)17-41(18-30)28(42)44-29(2,3)4/h7,16,21H,1,8-15,17-19H2,2-6H3. The molecule has 0 aliphatic carbocycles. The van der Waals surface area contributed by atoms with E-state index in [1.54, 1.807) is 11.0 Å². The van der Waals surface area contributed by atoms with Crippen LogP contribution in [-0.2, 0) is 4.74 Å². The van der Waals surface area contributed by atoms with Crippen molar-refractivity contribution in [2.75, 3.05) is 69.8 Å². The van der Waals surface area contributed by atoms with Crippen LogP contribution in [0.2, 0.25) is 0 Å². The van der Waals surface area contributed by atoms with Gasteiger partial charge in [-0.2, -0.15) is 18.2 Å². The minimum atomic E-state index is -4.51. The normalized spacial score (nSPS) is 19.5. The number of ether oxygens (including phenoxy) is 2. The van der Waals surface area contributed by atoms with Gasteiger partial charge in [-0.25, -0.2) is 9.78 Å². The highest BCUT2D eigenvalue weighted by atomic mass is 79.9. The number of alkyl halides is 3. The molecular weight excluding hydrogens is 641 g/mol. The Kier molecular flexibility index (Phi) is 9.03. The molecule has 3 fully saturated rings. The summed E-state index contributed by atoms with van der Waals surface area (Å²) in [6, 6.07) is 2.31. The summed E-state index contributed by atoms with van der Waals surface area (Å²) in [6.45, 7) is 12.2. The molecule has 44 heavy (non-hydrogen) atoms. The molecule has 1 aromatic heterocycles. The minimum absolute atomic E-state index is 0.0173. The highest BCUT2D eigenvalue weighted by Gasteiger charge is 2.48. The lowest BCUT2D eigenvalue weighted by Crippen LogP contribution is -2.62. The van der Waals surface area contributed by atoms with Gasteiger partial charge in [0.25, 0.3) is 0 Å². The lowest BCUT2D eigenvalue weighted by atomic mass is 9.72. The number of amides is 1. The van der Waals surface area contributed by atoms with Gasteiger partial charge in [0.1, 0.15) is 16.9 Å². The average molecular weight is 684 g/mol. The number of likely N-dealkylation sites (tertiary alicyclic amines) is 1. The average Bonchev–Trinajstić information content (AvgIpc) is 2.93. The Balaban J connectivity index is 1.46. The molecule has 3 saturated heterocycles. The predicted octanol–water partition coefficient (Wildman–Crippen LogP) is 6.34. The third kappa shape index (κ3) is 7.03. The highest BCUT2D eigenvalue weighted by Crippen LogP contribution is 2.45. The zero-order valence-corrected chi connectivity index (χ0v) is 27.7. The van der Waals surface area contributed by atoms with Crippen molar-refractivity contribution in [3.05, 3.63) is 22.7 Å². The first kappa shape index (κ1) is 32.6. The summed E-state index contributed by atoms with van der Waals surface area (Å²) in [5.74, 6) is 1.19. The molecule has 9 nitrogen and oxygen atoms in total. The Morgan fingerprint density at radius 1 is 1.11 bits per heavy atom. The fourth-order valence-electron chi connectivity index (χ4n) is 6.33. The Bertz CT molecular complexity index is 1390. The third-order valence-corrected chi connectivity index (χ3v) is 9.60. The fraction of sp³-hybridized carbons (Fsp3) is 0.645. The van der Waals surface area contributed by atoms with Crippen LogP contribution in [0.4, 0.5) is 29.7 Å². The second kappa shape index (κ2) is 12.2. The van der Waals surface area contributed by atoms with Gasteiger partial charge in [0.15, 0.2) is 12.4 Å². The van der Waals surface area contributed by atoms with E-state index in [-0.39, 0.29) is 17.3 Å². The molecule has 5 rings (SSSR count). The molecule has 3 aliphatic rings. The molecule has 0 atom stereocenters. The topological polar surface area (TPSA) is 74.3 Å². The first-order valence-electron chi connectivity index (χ1n) is 15.1. The maximum absolute atomic E-state index is 13.3. The fourth-order valence-corrected chi connectivity index (χ4v) is 6.91. The molecule has 242 valence electrons. The van der Waals surface area contributed by atoms with Gasteiger partial charge in [-0.05, 0) is 88.1 Å². The summed E-state index contributed by atoms with van der Waals surface area (Å²) < 4.78 is 51.3. The second-order valence-electron chi connectivity index (χ2n) is 13.5. The highest BCUT2D eigenvalue weighted by molar-refractivity contribution is 9.10. The van der Waals surface area contributed by atoms with E-state index >= 15 is 0 Å². The molecule has 3 aliphatic heterocycles. The van der Waals surface area contributed by atoms with Crippen LogP contribution in [0.25, 0.3) is 17.0 Å². The number of aromatic nitrogens is 2. The van der Waals surface area contributed by atoms with Crippen LogP contribution < -0.4 is 14.5 Å². The van der Waals surface area contributed by atoms with Crippen molar-refractivity contribution >= 4 is 50.8 Å². The lowest BCUT2D eigenvalue weighted by molar-refractivity contribution is -0.153. The number of rotatable bonds is 6. The number of anilines is 2. The Morgan fingerprint density at radius 3 is 2.30 bits per heavy atom. The molecular formula is C31H42BrF3N6O3. The molecule has 2 aromatic rings. The number of hydrogen-bond acceptors (Lipinski definition) is 8. The van der Waals surface area contributed by atoms with E-state index in [1.807, 2.05) is 26.8 Å². The van der Waals surface area contributed by atoms with E-state index in [1.165, 1.54) is 0 Å². The van der Waals surface area contributed by atoms with Crippen molar-refractivity contribution in [1.82, 2.24) is 19.8 Å². The van der Waals surface area contributed by atoms with Crippen LogP contribution >= 0.6 is 15.9 Å². The lowest BCUT2D eigenvalue weighted by Gasteiger charge is -2.53. The molecule has 0 unspecified atom stereocenters. The molecule has 0 bridgehead atoms. The second-order valence-corrected chi connectivity index (χ2v) is 14.3. The van der Waals surface area contributed by atoms with Gasteiger partial charge in [0.2, 0.25) is 5.95 Å². The number of benzene rings is 1. The summed E-state index contributed by atoms with van der Waals surface area (Å²) in [7, 11) is 4.14. The number of piperidine rings is 2. The first-order valence-corrected chi connectivity index (χ1v) is 15.9. The zero-order chi connectivity index (χ0) is 32.0. The van der Waals surface area contributed by atoms with Gasteiger partial charge in [-0.15, -0.1) is 0 Å². The van der Waals surface area contributed by atoms with Crippen molar-refractivity contribution in [2.45, 2.75) is 64.3 Å². The van der Waals surface area contributed by atoms with Crippen LogP contribution in [0.15, 0.2) is 17.1 Å². The quantitative estimate of drug-likeness (QED) is 0.349. The Morgan fingerprint density at radius 2 is 1.75 bits per heavy atom. The van der Waals surface area contributed by atoms with Crippen molar-refractivity contribution in [1.29, 1.82) is 0 Å². The summed E-state index contributed by atoms with van der Waals surface area (Å²) in [5.41, 5.74) is 0.406. The summed E-state index contributed by atoms with van der Waals surface area (Å²) in [6.07, 6.45) is 0.344. The van der Waals surface area contributed by atoms with Crippen LogP contribution in [0.1, 0.15) is 52.0 Å². The number of nitrogens with zero attached hydrogens (tertiary/aromatic N) is 6. The van der Waals surface area contributed by atoms with Gasteiger partial charge < -0.3 is 29.1 Å². The van der Waals surface area contributed by atoms with Crippen molar-refractivity contribution in [3.63, 3.8) is 0 Å². The van der Waals surface area contributed by atoms with Crippen LogP contribution in [0.3, 0.4) is 0 Å². The Hall–Kier alpha value is -2.80. The molecule has 0 saturated carbocycles. The molecule has 13 heteroatoms. The first-order chi connectivity index (χ1) is 20.6. The van der Waals surface area contributed by atoms with Gasteiger partial charge in [-0.3, -0.25) is 0 Å².